The molecular formula is C15H29N3O. The van der Waals surface area contributed by atoms with Crippen molar-refractivity contribution in [1.29, 1.82) is 0 Å². The first-order chi connectivity index (χ1) is 9.17. The highest BCUT2D eigenvalue weighted by atomic mass is 16.2. The zero-order valence-corrected chi connectivity index (χ0v) is 12.7. The molecule has 19 heavy (non-hydrogen) atoms. The quantitative estimate of drug-likeness (QED) is 0.797. The normalized spacial score (nSPS) is 30.3. The smallest absolute Gasteiger partial charge is 0.241 e. The Morgan fingerprint density at radius 3 is 2.58 bits per heavy atom. The van der Waals surface area contributed by atoms with Gasteiger partial charge in [-0.15, -0.1) is 0 Å². The van der Waals surface area contributed by atoms with E-state index in [0.29, 0.717) is 11.9 Å². The Balaban J connectivity index is 1.98. The second-order valence-electron chi connectivity index (χ2n) is 6.03. The van der Waals surface area contributed by atoms with E-state index in [9.17, 15) is 4.79 Å². The first kappa shape index (κ1) is 14.8. The van der Waals surface area contributed by atoms with Crippen LogP contribution in [0.1, 0.15) is 52.9 Å². The molecule has 3 unspecified atom stereocenters. The number of carbonyl (C=O) groups excluding carboxylic acids is 1. The molecule has 0 bridgehead atoms. The molecule has 3 atom stereocenters. The van der Waals surface area contributed by atoms with Gasteiger partial charge in [-0.25, -0.2) is 0 Å². The van der Waals surface area contributed by atoms with Gasteiger partial charge < -0.3 is 9.80 Å². The highest BCUT2D eigenvalue weighted by Crippen LogP contribution is 2.21. The predicted octanol–water partition coefficient (Wildman–Crippen LogP) is 1.81. The fourth-order valence-electron chi connectivity index (χ4n) is 3.46. The molecule has 2 saturated heterocycles. The lowest BCUT2D eigenvalue weighted by Crippen LogP contribution is -2.48. The van der Waals surface area contributed by atoms with Crippen molar-refractivity contribution in [2.45, 2.75) is 71.1 Å². The molecule has 0 saturated carbocycles. The van der Waals surface area contributed by atoms with Gasteiger partial charge in [0.25, 0.3) is 0 Å². The molecule has 0 aromatic rings. The van der Waals surface area contributed by atoms with Gasteiger partial charge in [0.2, 0.25) is 5.91 Å². The molecule has 1 N–H and O–H groups in total. The Morgan fingerprint density at radius 2 is 2.00 bits per heavy atom. The maximum Gasteiger partial charge on any atom is 0.241 e. The Bertz CT molecular complexity index is 302. The van der Waals surface area contributed by atoms with E-state index in [1.807, 2.05) is 0 Å². The molecule has 110 valence electrons. The molecule has 1 amide bonds. The van der Waals surface area contributed by atoms with Gasteiger partial charge in [0, 0.05) is 12.6 Å². The van der Waals surface area contributed by atoms with Crippen LogP contribution in [-0.4, -0.2) is 53.6 Å². The van der Waals surface area contributed by atoms with E-state index >= 15 is 0 Å². The third-order valence-corrected chi connectivity index (χ3v) is 4.45. The van der Waals surface area contributed by atoms with E-state index < -0.39 is 0 Å². The van der Waals surface area contributed by atoms with Crippen LogP contribution in [0.2, 0.25) is 0 Å². The van der Waals surface area contributed by atoms with E-state index in [4.69, 9.17) is 0 Å². The van der Waals surface area contributed by atoms with Crippen molar-refractivity contribution in [1.82, 2.24) is 15.1 Å². The van der Waals surface area contributed by atoms with Crippen LogP contribution >= 0.6 is 0 Å². The largest absolute Gasteiger partial charge is 0.322 e. The number of hydrogen-bond acceptors (Lipinski definition) is 3. The Labute approximate surface area is 117 Å². The fourth-order valence-corrected chi connectivity index (χ4v) is 3.46. The number of amides is 1. The summed E-state index contributed by atoms with van der Waals surface area (Å²) in [4.78, 5) is 17.1. The predicted molar refractivity (Wildman–Crippen MR) is 77.9 cm³/mol. The molecule has 0 aromatic carbocycles. The Morgan fingerprint density at radius 1 is 1.32 bits per heavy atom. The first-order valence-electron chi connectivity index (χ1n) is 7.98. The summed E-state index contributed by atoms with van der Waals surface area (Å²) in [7, 11) is 0. The van der Waals surface area contributed by atoms with Gasteiger partial charge in [0.15, 0.2) is 0 Å². The molecule has 2 rings (SSSR count). The van der Waals surface area contributed by atoms with Crippen molar-refractivity contribution in [3.8, 4) is 0 Å². The zero-order valence-electron chi connectivity index (χ0n) is 12.7. The minimum atomic E-state index is 0.0394. The van der Waals surface area contributed by atoms with Gasteiger partial charge in [-0.1, -0.05) is 20.3 Å². The van der Waals surface area contributed by atoms with Crippen LogP contribution in [0.4, 0.5) is 0 Å². The molecule has 0 aromatic heterocycles. The van der Waals surface area contributed by atoms with Gasteiger partial charge in [0.1, 0.15) is 0 Å². The average Bonchev–Trinajstić information content (AvgIpc) is 2.98. The Hall–Kier alpha value is -0.610. The molecule has 4 heteroatoms. The lowest BCUT2D eigenvalue weighted by Gasteiger charge is -2.33. The number of rotatable bonds is 6. The molecule has 2 fully saturated rings. The molecule has 0 aliphatic carbocycles. The maximum absolute atomic E-state index is 12.5. The fraction of sp³-hybridized carbons (Fsp3) is 0.933. The van der Waals surface area contributed by atoms with Crippen molar-refractivity contribution in [2.24, 2.45) is 0 Å². The van der Waals surface area contributed by atoms with E-state index in [0.717, 1.165) is 25.8 Å². The zero-order chi connectivity index (χ0) is 13.8. The standard InChI is InChI=1S/C15H29N3O/c1-4-8-14-16-13(5-2)15(19)18(14)12(3)11-17-9-6-7-10-17/h12-14,16H,4-11H2,1-3H3. The van der Waals surface area contributed by atoms with Gasteiger partial charge in [-0.2, -0.15) is 0 Å². The maximum atomic E-state index is 12.5. The van der Waals surface area contributed by atoms with Crippen molar-refractivity contribution in [2.75, 3.05) is 19.6 Å². The van der Waals surface area contributed by atoms with E-state index in [1.54, 1.807) is 0 Å². The summed E-state index contributed by atoms with van der Waals surface area (Å²) in [6.07, 6.45) is 5.96. The lowest BCUT2D eigenvalue weighted by atomic mass is 10.2. The molecule has 4 nitrogen and oxygen atoms in total. The van der Waals surface area contributed by atoms with Crippen molar-refractivity contribution < 1.29 is 4.79 Å². The number of hydrogen-bond donors (Lipinski definition) is 1. The summed E-state index contributed by atoms with van der Waals surface area (Å²) in [6.45, 7) is 9.93. The minimum Gasteiger partial charge on any atom is -0.322 e. The van der Waals surface area contributed by atoms with E-state index in [1.165, 1.54) is 25.9 Å². The van der Waals surface area contributed by atoms with Crippen LogP contribution in [0, 0.1) is 0 Å². The molecule has 0 spiro atoms. The van der Waals surface area contributed by atoms with Gasteiger partial charge in [-0.3, -0.25) is 10.1 Å². The molecule has 2 heterocycles. The summed E-state index contributed by atoms with van der Waals surface area (Å²) >= 11 is 0. The van der Waals surface area contributed by atoms with E-state index in [-0.39, 0.29) is 12.2 Å². The van der Waals surface area contributed by atoms with Crippen LogP contribution in [0.3, 0.4) is 0 Å². The summed E-state index contributed by atoms with van der Waals surface area (Å²) < 4.78 is 0. The topological polar surface area (TPSA) is 35.6 Å². The van der Waals surface area contributed by atoms with Crippen molar-refractivity contribution >= 4 is 5.91 Å². The van der Waals surface area contributed by atoms with Crippen molar-refractivity contribution in [3.05, 3.63) is 0 Å². The highest BCUT2D eigenvalue weighted by molar-refractivity contribution is 5.84. The summed E-state index contributed by atoms with van der Waals surface area (Å²) in [6, 6.07) is 0.365. The number of likely N-dealkylation sites (tertiary alicyclic amines) is 1. The number of nitrogens with one attached hydrogen (secondary N) is 1. The summed E-state index contributed by atoms with van der Waals surface area (Å²) in [5.41, 5.74) is 0. The third-order valence-electron chi connectivity index (χ3n) is 4.45. The van der Waals surface area contributed by atoms with Gasteiger partial charge >= 0.3 is 0 Å². The molecule has 2 aliphatic heterocycles. The van der Waals surface area contributed by atoms with Crippen molar-refractivity contribution in [3.63, 3.8) is 0 Å². The highest BCUT2D eigenvalue weighted by Gasteiger charge is 2.40. The van der Waals surface area contributed by atoms with Crippen LogP contribution < -0.4 is 5.32 Å². The van der Waals surface area contributed by atoms with E-state index in [2.05, 4.69) is 35.9 Å². The van der Waals surface area contributed by atoms with Gasteiger partial charge in [-0.05, 0) is 45.7 Å². The molecular weight excluding hydrogens is 238 g/mol. The first-order valence-corrected chi connectivity index (χ1v) is 7.98. The van der Waals surface area contributed by atoms with Crippen LogP contribution in [0.25, 0.3) is 0 Å². The lowest BCUT2D eigenvalue weighted by molar-refractivity contribution is -0.132. The second kappa shape index (κ2) is 6.71. The number of nitrogens with zero attached hydrogens (tertiary/aromatic N) is 2. The monoisotopic (exact) mass is 267 g/mol. The van der Waals surface area contributed by atoms with Crippen LogP contribution in [0.15, 0.2) is 0 Å². The number of carbonyl (C=O) groups is 1. The average molecular weight is 267 g/mol. The minimum absolute atomic E-state index is 0.0394. The SMILES string of the molecule is CCCC1NC(CC)C(=O)N1C(C)CN1CCCC1. The third kappa shape index (κ3) is 3.29. The van der Waals surface area contributed by atoms with Crippen LogP contribution in [-0.2, 0) is 4.79 Å². The molecule has 2 aliphatic rings. The summed E-state index contributed by atoms with van der Waals surface area (Å²) in [5, 5.41) is 3.51. The molecule has 0 radical (unpaired) electrons. The van der Waals surface area contributed by atoms with Gasteiger partial charge in [0.05, 0.1) is 12.2 Å². The summed E-state index contributed by atoms with van der Waals surface area (Å²) in [5.74, 6) is 0.313. The second-order valence-corrected chi connectivity index (χ2v) is 6.03. The Kier molecular flexibility index (Phi) is 5.22. The van der Waals surface area contributed by atoms with Crippen LogP contribution in [0.5, 0.6) is 0 Å².